The molecular formula is C59H37NO. The van der Waals surface area contributed by atoms with Crippen LogP contribution in [0.1, 0.15) is 22.3 Å². The van der Waals surface area contributed by atoms with Gasteiger partial charge in [-0.25, -0.2) is 0 Å². The highest BCUT2D eigenvalue weighted by molar-refractivity contribution is 6.27. The maximum atomic E-state index is 6.85. The number of hydrogen-bond donors (Lipinski definition) is 0. The zero-order valence-electron chi connectivity index (χ0n) is 33.2. The number of fused-ring (bicyclic) bond motifs is 15. The van der Waals surface area contributed by atoms with Gasteiger partial charge in [0.05, 0.1) is 11.1 Å². The zero-order chi connectivity index (χ0) is 40.1. The predicted molar refractivity (Wildman–Crippen MR) is 253 cm³/mol. The standard InChI is InChI=1S/C59H37NO/c1-3-17-38(18-4-1)39-31-33-41(34-32-39)60(57-47-24-7-8-25-48(47)58-56(49-26-12-16-30-54(49)61-58)55(57)40-19-5-2-6-20-40)42-35-36-46-45-23-11-15-29-52(45)59(53(46)37-42)50-27-13-9-21-43(50)44-22-10-14-28-51(44)59/h1-37H. The molecule has 1 aromatic heterocycles. The van der Waals surface area contributed by atoms with Crippen molar-refractivity contribution >= 4 is 49.8 Å². The lowest BCUT2D eigenvalue weighted by atomic mass is 9.70. The Morgan fingerprint density at radius 3 is 1.46 bits per heavy atom. The number of nitrogens with zero attached hydrogens (tertiary/aromatic N) is 1. The maximum absolute atomic E-state index is 6.85. The van der Waals surface area contributed by atoms with Gasteiger partial charge in [0.1, 0.15) is 11.2 Å². The lowest BCUT2D eigenvalue weighted by Gasteiger charge is -2.33. The first-order chi connectivity index (χ1) is 30.3. The van der Waals surface area contributed by atoms with E-state index in [1.165, 1.54) is 55.6 Å². The summed E-state index contributed by atoms with van der Waals surface area (Å²) in [5, 5.41) is 4.42. The molecule has 0 amide bonds. The van der Waals surface area contributed by atoms with E-state index in [0.29, 0.717) is 0 Å². The van der Waals surface area contributed by atoms with E-state index in [-0.39, 0.29) is 0 Å². The summed E-state index contributed by atoms with van der Waals surface area (Å²) in [6.07, 6.45) is 0. The van der Waals surface area contributed by atoms with Gasteiger partial charge >= 0.3 is 0 Å². The normalized spacial score (nSPS) is 13.0. The molecule has 2 nitrogen and oxygen atoms in total. The van der Waals surface area contributed by atoms with E-state index < -0.39 is 5.41 Å². The van der Waals surface area contributed by atoms with Crippen LogP contribution in [0.25, 0.3) is 77.2 Å². The zero-order valence-corrected chi connectivity index (χ0v) is 33.2. The van der Waals surface area contributed by atoms with Gasteiger partial charge < -0.3 is 9.32 Å². The summed E-state index contributed by atoms with van der Waals surface area (Å²) in [7, 11) is 0. The minimum atomic E-state index is -0.479. The topological polar surface area (TPSA) is 16.4 Å². The highest BCUT2D eigenvalue weighted by atomic mass is 16.3. The van der Waals surface area contributed by atoms with Crippen molar-refractivity contribution < 1.29 is 4.42 Å². The van der Waals surface area contributed by atoms with Gasteiger partial charge in [-0.15, -0.1) is 0 Å². The van der Waals surface area contributed by atoms with Gasteiger partial charge in [0.15, 0.2) is 0 Å². The molecule has 13 rings (SSSR count). The lowest BCUT2D eigenvalue weighted by Crippen LogP contribution is -2.26. The Labute approximate surface area is 354 Å². The van der Waals surface area contributed by atoms with Crippen molar-refractivity contribution in [2.45, 2.75) is 5.41 Å². The third-order valence-electron chi connectivity index (χ3n) is 13.3. The van der Waals surface area contributed by atoms with Gasteiger partial charge in [-0.3, -0.25) is 0 Å². The smallest absolute Gasteiger partial charge is 0.144 e. The molecule has 284 valence electrons. The molecule has 61 heavy (non-hydrogen) atoms. The molecule has 0 saturated carbocycles. The molecule has 11 aromatic rings. The Bertz CT molecular complexity index is 3460. The lowest BCUT2D eigenvalue weighted by molar-refractivity contribution is 0.673. The Kier molecular flexibility index (Phi) is 7.26. The molecule has 0 aliphatic heterocycles. The van der Waals surface area contributed by atoms with Crippen molar-refractivity contribution in [1.82, 2.24) is 0 Å². The first kappa shape index (κ1) is 34.0. The Morgan fingerprint density at radius 2 is 0.820 bits per heavy atom. The highest BCUT2D eigenvalue weighted by Gasteiger charge is 2.51. The van der Waals surface area contributed by atoms with Crippen molar-refractivity contribution in [3.63, 3.8) is 0 Å². The second kappa shape index (κ2) is 13.0. The Balaban J connectivity index is 1.16. The van der Waals surface area contributed by atoms with Crippen LogP contribution < -0.4 is 4.90 Å². The van der Waals surface area contributed by atoms with Crippen LogP contribution >= 0.6 is 0 Å². The van der Waals surface area contributed by atoms with E-state index in [1.54, 1.807) is 0 Å². The minimum absolute atomic E-state index is 0.479. The maximum Gasteiger partial charge on any atom is 0.144 e. The molecule has 0 unspecified atom stereocenters. The molecule has 0 bridgehead atoms. The van der Waals surface area contributed by atoms with Crippen molar-refractivity contribution in [1.29, 1.82) is 0 Å². The van der Waals surface area contributed by atoms with Crippen molar-refractivity contribution in [2.75, 3.05) is 4.90 Å². The molecule has 10 aromatic carbocycles. The molecule has 1 heterocycles. The summed E-state index contributed by atoms with van der Waals surface area (Å²) in [5.41, 5.74) is 19.7. The Hall–Kier alpha value is -7.94. The molecule has 2 heteroatoms. The van der Waals surface area contributed by atoms with E-state index in [9.17, 15) is 0 Å². The van der Waals surface area contributed by atoms with Crippen molar-refractivity contribution in [3.05, 3.63) is 247 Å². The van der Waals surface area contributed by atoms with Gasteiger partial charge in [0.25, 0.3) is 0 Å². The van der Waals surface area contributed by atoms with E-state index in [1.807, 2.05) is 0 Å². The van der Waals surface area contributed by atoms with Crippen LogP contribution in [-0.2, 0) is 5.41 Å². The van der Waals surface area contributed by atoms with E-state index >= 15 is 0 Å². The second-order valence-electron chi connectivity index (χ2n) is 16.3. The molecule has 0 radical (unpaired) electrons. The van der Waals surface area contributed by atoms with Crippen LogP contribution in [0.2, 0.25) is 0 Å². The fourth-order valence-electron chi connectivity index (χ4n) is 10.8. The summed E-state index contributed by atoms with van der Waals surface area (Å²) in [6, 6.07) is 82.3. The molecule has 0 N–H and O–H groups in total. The molecule has 0 atom stereocenters. The third kappa shape index (κ3) is 4.73. The number of hydrogen-bond acceptors (Lipinski definition) is 2. The van der Waals surface area contributed by atoms with Crippen LogP contribution in [0.15, 0.2) is 229 Å². The SMILES string of the molecule is c1ccc(-c2ccc(N(c3ccc4c(c3)C3(c5ccccc5-c5ccccc53)c3ccccc3-4)c3c(-c4ccccc4)c4c5ccccc5oc4c4ccccc34)cc2)cc1. The summed E-state index contributed by atoms with van der Waals surface area (Å²) in [6.45, 7) is 0. The Morgan fingerprint density at radius 1 is 0.344 bits per heavy atom. The molecule has 2 aliphatic rings. The van der Waals surface area contributed by atoms with Crippen LogP contribution in [0.5, 0.6) is 0 Å². The second-order valence-corrected chi connectivity index (χ2v) is 16.3. The first-order valence-electron chi connectivity index (χ1n) is 21.1. The quantitative estimate of drug-likeness (QED) is 0.173. The molecule has 2 aliphatic carbocycles. The molecule has 1 spiro atoms. The van der Waals surface area contributed by atoms with Crippen LogP contribution in [-0.4, -0.2) is 0 Å². The fourth-order valence-corrected chi connectivity index (χ4v) is 10.8. The summed E-state index contributed by atoms with van der Waals surface area (Å²) in [5.74, 6) is 0. The summed E-state index contributed by atoms with van der Waals surface area (Å²) >= 11 is 0. The number of para-hydroxylation sites is 1. The number of benzene rings is 10. The molecular weight excluding hydrogens is 739 g/mol. The van der Waals surface area contributed by atoms with Crippen LogP contribution in [0.3, 0.4) is 0 Å². The average molecular weight is 776 g/mol. The van der Waals surface area contributed by atoms with E-state index in [4.69, 9.17) is 4.42 Å². The average Bonchev–Trinajstić information content (AvgIpc) is 3.97. The minimum Gasteiger partial charge on any atom is -0.455 e. The monoisotopic (exact) mass is 775 g/mol. The number of rotatable bonds is 5. The van der Waals surface area contributed by atoms with Gasteiger partial charge in [-0.1, -0.05) is 194 Å². The number of anilines is 3. The molecule has 0 saturated heterocycles. The van der Waals surface area contributed by atoms with Gasteiger partial charge in [-0.05, 0) is 91.5 Å². The summed E-state index contributed by atoms with van der Waals surface area (Å²) in [4.78, 5) is 2.52. The van der Waals surface area contributed by atoms with Crippen LogP contribution in [0, 0.1) is 0 Å². The largest absolute Gasteiger partial charge is 0.455 e. The van der Waals surface area contributed by atoms with E-state index in [0.717, 1.165) is 60.9 Å². The number of furan rings is 1. The van der Waals surface area contributed by atoms with Crippen molar-refractivity contribution in [2.24, 2.45) is 0 Å². The van der Waals surface area contributed by atoms with E-state index in [2.05, 4.69) is 229 Å². The highest BCUT2D eigenvalue weighted by Crippen LogP contribution is 2.63. The molecule has 0 fully saturated rings. The third-order valence-corrected chi connectivity index (χ3v) is 13.3. The summed E-state index contributed by atoms with van der Waals surface area (Å²) < 4.78 is 6.85. The van der Waals surface area contributed by atoms with Gasteiger partial charge in [0, 0.05) is 38.5 Å². The van der Waals surface area contributed by atoms with Crippen molar-refractivity contribution in [3.8, 4) is 44.5 Å². The van der Waals surface area contributed by atoms with Gasteiger partial charge in [0.2, 0.25) is 0 Å². The van der Waals surface area contributed by atoms with Gasteiger partial charge in [-0.2, -0.15) is 0 Å². The fraction of sp³-hybridized carbons (Fsp3) is 0.0169. The predicted octanol–water partition coefficient (Wildman–Crippen LogP) is 15.9. The van der Waals surface area contributed by atoms with Crippen LogP contribution in [0.4, 0.5) is 17.1 Å². The first-order valence-corrected chi connectivity index (χ1v) is 21.1.